The van der Waals surface area contributed by atoms with Crippen molar-refractivity contribution in [3.05, 3.63) is 29.3 Å². The topological polar surface area (TPSA) is 49.8 Å². The highest BCUT2D eigenvalue weighted by atomic mass is 16.5. The standard InChI is InChI=1S/C18H27NO3/c1-12(2)17-6-5-16(9-13(17)3)22-11-18(21)19-8-7-15(10-19)14(4)20/h5-6,9,12,14-15,20H,7-8,10-11H2,1-4H3. The molecule has 1 saturated heterocycles. The molecule has 1 aromatic rings. The number of nitrogens with zero attached hydrogens (tertiary/aromatic N) is 1. The van der Waals surface area contributed by atoms with Gasteiger partial charge in [0.1, 0.15) is 5.75 Å². The molecular formula is C18H27NO3. The summed E-state index contributed by atoms with van der Waals surface area (Å²) in [5.41, 5.74) is 2.49. The summed E-state index contributed by atoms with van der Waals surface area (Å²) in [7, 11) is 0. The fourth-order valence-electron chi connectivity index (χ4n) is 3.03. The second kappa shape index (κ2) is 7.14. The van der Waals surface area contributed by atoms with Crippen LogP contribution in [0.5, 0.6) is 5.75 Å². The molecule has 0 saturated carbocycles. The minimum absolute atomic E-state index is 0.00580. The fourth-order valence-corrected chi connectivity index (χ4v) is 3.03. The summed E-state index contributed by atoms with van der Waals surface area (Å²) in [6, 6.07) is 5.99. The summed E-state index contributed by atoms with van der Waals surface area (Å²) >= 11 is 0. The summed E-state index contributed by atoms with van der Waals surface area (Å²) in [4.78, 5) is 14.0. The molecule has 2 atom stereocenters. The van der Waals surface area contributed by atoms with Gasteiger partial charge in [-0.3, -0.25) is 4.79 Å². The summed E-state index contributed by atoms with van der Waals surface area (Å²) < 4.78 is 5.64. The number of aliphatic hydroxyl groups is 1. The first kappa shape index (κ1) is 16.8. The van der Waals surface area contributed by atoms with Gasteiger partial charge in [0, 0.05) is 19.0 Å². The van der Waals surface area contributed by atoms with Crippen molar-refractivity contribution in [3.63, 3.8) is 0 Å². The molecule has 4 nitrogen and oxygen atoms in total. The Morgan fingerprint density at radius 3 is 2.68 bits per heavy atom. The normalized spacial score (nSPS) is 19.5. The molecule has 1 aliphatic heterocycles. The van der Waals surface area contributed by atoms with Crippen molar-refractivity contribution in [2.75, 3.05) is 19.7 Å². The first-order valence-corrected chi connectivity index (χ1v) is 8.07. The van der Waals surface area contributed by atoms with Gasteiger partial charge in [0.15, 0.2) is 6.61 Å². The largest absolute Gasteiger partial charge is 0.484 e. The van der Waals surface area contributed by atoms with Crippen molar-refractivity contribution < 1.29 is 14.6 Å². The predicted molar refractivity (Wildman–Crippen MR) is 87.1 cm³/mol. The van der Waals surface area contributed by atoms with Gasteiger partial charge in [-0.25, -0.2) is 0 Å². The molecule has 1 heterocycles. The minimum atomic E-state index is -0.357. The Hall–Kier alpha value is -1.55. The molecule has 1 aliphatic rings. The molecule has 2 unspecified atom stereocenters. The molecule has 0 aromatic heterocycles. The van der Waals surface area contributed by atoms with E-state index in [1.165, 1.54) is 11.1 Å². The second-order valence-corrected chi connectivity index (χ2v) is 6.59. The molecule has 22 heavy (non-hydrogen) atoms. The summed E-state index contributed by atoms with van der Waals surface area (Å²) in [5.74, 6) is 1.41. The van der Waals surface area contributed by atoms with Gasteiger partial charge in [0.05, 0.1) is 6.10 Å². The number of rotatable bonds is 5. The molecule has 1 N–H and O–H groups in total. The van der Waals surface area contributed by atoms with Crippen LogP contribution < -0.4 is 4.74 Å². The Bertz CT molecular complexity index is 525. The number of hydrogen-bond donors (Lipinski definition) is 1. The number of ether oxygens (including phenoxy) is 1. The number of carbonyl (C=O) groups excluding carboxylic acids is 1. The fraction of sp³-hybridized carbons (Fsp3) is 0.611. The molecule has 1 fully saturated rings. The van der Waals surface area contributed by atoms with Crippen molar-refractivity contribution in [2.24, 2.45) is 5.92 Å². The van der Waals surface area contributed by atoms with E-state index in [1.54, 1.807) is 11.8 Å². The number of benzene rings is 1. The lowest BCUT2D eigenvalue weighted by Crippen LogP contribution is -2.34. The monoisotopic (exact) mass is 305 g/mol. The SMILES string of the molecule is Cc1cc(OCC(=O)N2CCC(C(C)O)C2)ccc1C(C)C. The summed E-state index contributed by atoms with van der Waals surface area (Å²) in [6.45, 7) is 9.59. The quantitative estimate of drug-likeness (QED) is 0.910. The van der Waals surface area contributed by atoms with Crippen LogP contribution in [0.15, 0.2) is 18.2 Å². The first-order chi connectivity index (χ1) is 10.4. The van der Waals surface area contributed by atoms with E-state index in [-0.39, 0.29) is 24.5 Å². The van der Waals surface area contributed by atoms with Gasteiger partial charge in [-0.15, -0.1) is 0 Å². The zero-order chi connectivity index (χ0) is 16.3. The van der Waals surface area contributed by atoms with E-state index in [4.69, 9.17) is 4.74 Å². The first-order valence-electron chi connectivity index (χ1n) is 8.07. The molecule has 0 spiro atoms. The van der Waals surface area contributed by atoms with Crippen LogP contribution in [-0.2, 0) is 4.79 Å². The van der Waals surface area contributed by atoms with Crippen LogP contribution in [0.1, 0.15) is 44.2 Å². The smallest absolute Gasteiger partial charge is 0.260 e. The van der Waals surface area contributed by atoms with Crippen LogP contribution in [-0.4, -0.2) is 41.7 Å². The third-order valence-electron chi connectivity index (χ3n) is 4.49. The molecular weight excluding hydrogens is 278 g/mol. The number of aryl methyl sites for hydroxylation is 1. The minimum Gasteiger partial charge on any atom is -0.484 e. The van der Waals surface area contributed by atoms with Gasteiger partial charge in [-0.2, -0.15) is 0 Å². The Kier molecular flexibility index (Phi) is 5.46. The summed E-state index contributed by atoms with van der Waals surface area (Å²) in [6.07, 6.45) is 0.510. The van der Waals surface area contributed by atoms with E-state index in [9.17, 15) is 9.90 Å². The van der Waals surface area contributed by atoms with E-state index < -0.39 is 0 Å². The number of likely N-dealkylation sites (tertiary alicyclic amines) is 1. The Morgan fingerprint density at radius 2 is 2.14 bits per heavy atom. The van der Waals surface area contributed by atoms with Gasteiger partial charge in [-0.1, -0.05) is 19.9 Å². The average molecular weight is 305 g/mol. The van der Waals surface area contributed by atoms with Gasteiger partial charge in [-0.05, 0) is 49.4 Å². The van der Waals surface area contributed by atoms with Crippen LogP contribution >= 0.6 is 0 Å². The molecule has 122 valence electrons. The molecule has 1 aromatic carbocycles. The molecule has 0 radical (unpaired) electrons. The Morgan fingerprint density at radius 1 is 1.41 bits per heavy atom. The lowest BCUT2D eigenvalue weighted by Gasteiger charge is -2.18. The Labute approximate surface area is 133 Å². The highest BCUT2D eigenvalue weighted by Crippen LogP contribution is 2.24. The van der Waals surface area contributed by atoms with Gasteiger partial charge in [0.2, 0.25) is 0 Å². The number of carbonyl (C=O) groups is 1. The van der Waals surface area contributed by atoms with Crippen LogP contribution in [0.4, 0.5) is 0 Å². The van der Waals surface area contributed by atoms with E-state index in [1.807, 2.05) is 12.1 Å². The lowest BCUT2D eigenvalue weighted by atomic mass is 9.98. The number of amides is 1. The van der Waals surface area contributed by atoms with Crippen LogP contribution in [0, 0.1) is 12.8 Å². The van der Waals surface area contributed by atoms with E-state index in [0.29, 0.717) is 19.0 Å². The third-order valence-corrected chi connectivity index (χ3v) is 4.49. The van der Waals surface area contributed by atoms with Crippen LogP contribution in [0.2, 0.25) is 0 Å². The highest BCUT2D eigenvalue weighted by Gasteiger charge is 2.29. The third kappa shape index (κ3) is 4.01. The maximum Gasteiger partial charge on any atom is 0.260 e. The lowest BCUT2D eigenvalue weighted by molar-refractivity contribution is -0.132. The molecule has 2 rings (SSSR count). The van der Waals surface area contributed by atoms with E-state index in [0.717, 1.165) is 12.2 Å². The average Bonchev–Trinajstić information content (AvgIpc) is 2.94. The molecule has 1 amide bonds. The number of hydrogen-bond acceptors (Lipinski definition) is 3. The van der Waals surface area contributed by atoms with Crippen molar-refractivity contribution in [1.82, 2.24) is 4.90 Å². The highest BCUT2D eigenvalue weighted by molar-refractivity contribution is 5.78. The number of aliphatic hydroxyl groups excluding tert-OH is 1. The zero-order valence-corrected chi connectivity index (χ0v) is 14.0. The van der Waals surface area contributed by atoms with Crippen molar-refractivity contribution >= 4 is 5.91 Å². The van der Waals surface area contributed by atoms with Crippen molar-refractivity contribution in [3.8, 4) is 5.75 Å². The van der Waals surface area contributed by atoms with Crippen LogP contribution in [0.25, 0.3) is 0 Å². The van der Waals surface area contributed by atoms with Crippen molar-refractivity contribution in [2.45, 2.75) is 46.1 Å². The van der Waals surface area contributed by atoms with Gasteiger partial charge < -0.3 is 14.7 Å². The van der Waals surface area contributed by atoms with Crippen LogP contribution in [0.3, 0.4) is 0 Å². The van der Waals surface area contributed by atoms with Gasteiger partial charge >= 0.3 is 0 Å². The molecule has 4 heteroatoms. The molecule has 0 bridgehead atoms. The van der Waals surface area contributed by atoms with Crippen molar-refractivity contribution in [1.29, 1.82) is 0 Å². The van der Waals surface area contributed by atoms with Gasteiger partial charge in [0.25, 0.3) is 5.91 Å². The van der Waals surface area contributed by atoms with E-state index >= 15 is 0 Å². The van der Waals surface area contributed by atoms with E-state index in [2.05, 4.69) is 26.8 Å². The zero-order valence-electron chi connectivity index (χ0n) is 14.0. The summed E-state index contributed by atoms with van der Waals surface area (Å²) in [5, 5.41) is 9.59. The Balaban J connectivity index is 1.88. The second-order valence-electron chi connectivity index (χ2n) is 6.59. The predicted octanol–water partition coefficient (Wildman–Crippen LogP) is 2.73. The maximum atomic E-state index is 12.2. The molecule has 0 aliphatic carbocycles. The maximum absolute atomic E-state index is 12.2.